The predicted octanol–water partition coefficient (Wildman–Crippen LogP) is 1.36. The van der Waals surface area contributed by atoms with E-state index in [4.69, 9.17) is 14.9 Å². The number of sulfonamides is 1. The van der Waals surface area contributed by atoms with Crippen LogP contribution in [0.15, 0.2) is 47.1 Å². The summed E-state index contributed by atoms with van der Waals surface area (Å²) in [6.45, 7) is 0.157. The van der Waals surface area contributed by atoms with Crippen LogP contribution >= 0.6 is 0 Å². The highest BCUT2D eigenvalue weighted by Crippen LogP contribution is 2.19. The Bertz CT molecular complexity index is 638. The van der Waals surface area contributed by atoms with Crippen LogP contribution in [0.1, 0.15) is 5.76 Å². The fourth-order valence-corrected chi connectivity index (χ4v) is 2.35. The summed E-state index contributed by atoms with van der Waals surface area (Å²) in [7, 11) is -3.42. The molecule has 20 heavy (non-hydrogen) atoms. The van der Waals surface area contributed by atoms with Crippen molar-refractivity contribution in [3.63, 3.8) is 0 Å². The van der Waals surface area contributed by atoms with Gasteiger partial charge in [0.25, 0.3) is 0 Å². The molecule has 0 saturated carbocycles. The van der Waals surface area contributed by atoms with Gasteiger partial charge >= 0.3 is 0 Å². The van der Waals surface area contributed by atoms with Gasteiger partial charge in [-0.3, -0.25) is 0 Å². The van der Waals surface area contributed by atoms with E-state index in [1.807, 2.05) is 0 Å². The minimum atomic E-state index is -3.42. The molecule has 7 heteroatoms. The zero-order valence-corrected chi connectivity index (χ0v) is 11.6. The van der Waals surface area contributed by atoms with E-state index < -0.39 is 10.0 Å². The van der Waals surface area contributed by atoms with Crippen molar-refractivity contribution in [3.8, 4) is 5.75 Å². The summed E-state index contributed by atoms with van der Waals surface area (Å²) in [5.74, 6) is 0.887. The van der Waals surface area contributed by atoms with Crippen molar-refractivity contribution in [2.24, 2.45) is 0 Å². The first-order valence-corrected chi connectivity index (χ1v) is 7.69. The zero-order chi connectivity index (χ0) is 14.4. The molecule has 0 spiro atoms. The topological polar surface area (TPSA) is 94.6 Å². The molecule has 1 aromatic heterocycles. The largest absolute Gasteiger partial charge is 0.490 e. The van der Waals surface area contributed by atoms with Gasteiger partial charge in [-0.15, -0.1) is 0 Å². The minimum absolute atomic E-state index is 0.0295. The molecule has 0 aliphatic rings. The monoisotopic (exact) mass is 296 g/mol. The molecule has 0 aliphatic carbocycles. The first kappa shape index (κ1) is 14.4. The molecular formula is C13H16N2O4S. The molecule has 0 bridgehead atoms. The van der Waals surface area contributed by atoms with Gasteiger partial charge in [-0.1, -0.05) is 12.1 Å². The van der Waals surface area contributed by atoms with Gasteiger partial charge in [-0.05, 0) is 24.3 Å². The first-order chi connectivity index (χ1) is 9.57. The van der Waals surface area contributed by atoms with Crippen LogP contribution in [0, 0.1) is 0 Å². The number of hydrogen-bond acceptors (Lipinski definition) is 5. The second-order valence-electron chi connectivity index (χ2n) is 4.11. The van der Waals surface area contributed by atoms with Crippen molar-refractivity contribution < 1.29 is 17.6 Å². The van der Waals surface area contributed by atoms with Crippen molar-refractivity contribution in [2.75, 3.05) is 18.1 Å². The average Bonchev–Trinajstić information content (AvgIpc) is 2.92. The van der Waals surface area contributed by atoms with Crippen LogP contribution in [0.25, 0.3) is 0 Å². The highest BCUT2D eigenvalue weighted by molar-refractivity contribution is 7.89. The lowest BCUT2D eigenvalue weighted by molar-refractivity contribution is 0.342. The molecule has 2 rings (SSSR count). The molecule has 1 aromatic carbocycles. The van der Waals surface area contributed by atoms with Gasteiger partial charge in [0.1, 0.15) is 18.1 Å². The number of anilines is 1. The molecule has 0 aliphatic heterocycles. The van der Waals surface area contributed by atoms with Crippen LogP contribution in [0.4, 0.5) is 5.69 Å². The Morgan fingerprint density at radius 2 is 2.00 bits per heavy atom. The fraction of sp³-hybridized carbons (Fsp3) is 0.231. The normalized spacial score (nSPS) is 11.4. The van der Waals surface area contributed by atoms with E-state index in [9.17, 15) is 8.42 Å². The maximum absolute atomic E-state index is 11.7. The molecular weight excluding hydrogens is 280 g/mol. The Labute approximate surface area is 117 Å². The van der Waals surface area contributed by atoms with Crippen molar-refractivity contribution >= 4 is 15.7 Å². The van der Waals surface area contributed by atoms with Crippen molar-refractivity contribution in [1.82, 2.24) is 4.72 Å². The van der Waals surface area contributed by atoms with Crippen LogP contribution in [0.2, 0.25) is 0 Å². The summed E-state index contributed by atoms with van der Waals surface area (Å²) in [5.41, 5.74) is 6.17. The number of rotatable bonds is 7. The second kappa shape index (κ2) is 6.44. The SMILES string of the molecule is Nc1ccccc1OCCS(=O)(=O)NCc1ccco1. The van der Waals surface area contributed by atoms with E-state index in [0.717, 1.165) is 0 Å². The Morgan fingerprint density at radius 1 is 1.20 bits per heavy atom. The third kappa shape index (κ3) is 4.29. The number of furan rings is 1. The Hall–Kier alpha value is -1.99. The van der Waals surface area contributed by atoms with Crippen LogP contribution < -0.4 is 15.2 Å². The molecule has 3 N–H and O–H groups in total. The Kier molecular flexibility index (Phi) is 4.65. The summed E-state index contributed by atoms with van der Waals surface area (Å²) in [4.78, 5) is 0. The number of ether oxygens (including phenoxy) is 1. The molecule has 0 fully saturated rings. The summed E-state index contributed by atoms with van der Waals surface area (Å²) in [6, 6.07) is 10.3. The summed E-state index contributed by atoms with van der Waals surface area (Å²) < 4.78 is 36.3. The van der Waals surface area contributed by atoms with Gasteiger partial charge in [0.2, 0.25) is 10.0 Å². The second-order valence-corrected chi connectivity index (χ2v) is 6.03. The average molecular weight is 296 g/mol. The van der Waals surface area contributed by atoms with Crippen molar-refractivity contribution in [2.45, 2.75) is 6.54 Å². The van der Waals surface area contributed by atoms with E-state index in [1.165, 1.54) is 6.26 Å². The molecule has 0 saturated heterocycles. The zero-order valence-electron chi connectivity index (χ0n) is 10.8. The third-order valence-electron chi connectivity index (χ3n) is 2.58. The smallest absolute Gasteiger partial charge is 0.215 e. The van der Waals surface area contributed by atoms with Crippen LogP contribution in [-0.4, -0.2) is 20.8 Å². The molecule has 0 atom stereocenters. The van der Waals surface area contributed by atoms with Gasteiger partial charge in [-0.2, -0.15) is 0 Å². The quantitative estimate of drug-likeness (QED) is 0.752. The maximum atomic E-state index is 11.7. The van der Waals surface area contributed by atoms with E-state index in [-0.39, 0.29) is 18.9 Å². The molecule has 108 valence electrons. The number of nitrogens with one attached hydrogen (secondary N) is 1. The van der Waals surface area contributed by atoms with E-state index >= 15 is 0 Å². The summed E-state index contributed by atoms with van der Waals surface area (Å²) >= 11 is 0. The predicted molar refractivity (Wildman–Crippen MR) is 75.7 cm³/mol. The van der Waals surface area contributed by atoms with Gasteiger partial charge in [0.15, 0.2) is 0 Å². The number of benzene rings is 1. The van der Waals surface area contributed by atoms with E-state index in [1.54, 1.807) is 36.4 Å². The molecule has 2 aromatic rings. The minimum Gasteiger partial charge on any atom is -0.490 e. The van der Waals surface area contributed by atoms with E-state index in [0.29, 0.717) is 17.2 Å². The maximum Gasteiger partial charge on any atom is 0.215 e. The lowest BCUT2D eigenvalue weighted by Gasteiger charge is -2.09. The number of para-hydroxylation sites is 2. The number of nitrogen functional groups attached to an aromatic ring is 1. The molecule has 0 radical (unpaired) electrons. The number of hydrogen-bond donors (Lipinski definition) is 2. The number of nitrogens with two attached hydrogens (primary N) is 1. The molecule has 0 unspecified atom stereocenters. The lowest BCUT2D eigenvalue weighted by atomic mass is 10.3. The van der Waals surface area contributed by atoms with Gasteiger partial charge < -0.3 is 14.9 Å². The Balaban J connectivity index is 1.79. The van der Waals surface area contributed by atoms with E-state index in [2.05, 4.69) is 4.72 Å². The van der Waals surface area contributed by atoms with Gasteiger partial charge in [0.05, 0.1) is 24.2 Å². The molecule has 0 amide bonds. The highest BCUT2D eigenvalue weighted by atomic mass is 32.2. The summed E-state index contributed by atoms with van der Waals surface area (Å²) in [5, 5.41) is 0. The third-order valence-corrected chi connectivity index (χ3v) is 3.86. The summed E-state index contributed by atoms with van der Waals surface area (Å²) in [6.07, 6.45) is 1.49. The lowest BCUT2D eigenvalue weighted by Crippen LogP contribution is -2.28. The van der Waals surface area contributed by atoms with Crippen LogP contribution in [0.3, 0.4) is 0 Å². The van der Waals surface area contributed by atoms with Crippen LogP contribution in [0.5, 0.6) is 5.75 Å². The van der Waals surface area contributed by atoms with Gasteiger partial charge in [-0.25, -0.2) is 13.1 Å². The Morgan fingerprint density at radius 3 is 2.70 bits per heavy atom. The van der Waals surface area contributed by atoms with Crippen molar-refractivity contribution in [1.29, 1.82) is 0 Å². The first-order valence-electron chi connectivity index (χ1n) is 6.04. The fourth-order valence-electron chi connectivity index (χ4n) is 1.54. The molecule has 6 nitrogen and oxygen atoms in total. The van der Waals surface area contributed by atoms with Crippen LogP contribution in [-0.2, 0) is 16.6 Å². The molecule has 1 heterocycles. The standard InChI is InChI=1S/C13H16N2O4S/c14-12-5-1-2-6-13(12)19-8-9-20(16,17)15-10-11-4-3-7-18-11/h1-7,15H,8-10,14H2. The van der Waals surface area contributed by atoms with Gasteiger partial charge in [0, 0.05) is 0 Å². The van der Waals surface area contributed by atoms with Crippen molar-refractivity contribution in [3.05, 3.63) is 48.4 Å². The highest BCUT2D eigenvalue weighted by Gasteiger charge is 2.11.